The van der Waals surface area contributed by atoms with Crippen LogP contribution in [0, 0.1) is 6.92 Å². The number of nitrogens with zero attached hydrogens (tertiary/aromatic N) is 3. The SMILES string of the molecule is Cc1ccc(S(=O)(=O)N2CCCC2C(=O)Nc2nnc(CCS(=O)(=O)c3ccccc3)o2)cc1. The van der Waals surface area contributed by atoms with E-state index in [0.717, 1.165) is 5.56 Å². The minimum atomic E-state index is -3.85. The molecule has 1 fully saturated rings. The number of aromatic nitrogens is 2. The van der Waals surface area contributed by atoms with E-state index in [1.807, 2.05) is 6.92 Å². The zero-order chi connectivity index (χ0) is 24.3. The molecule has 1 N–H and O–H groups in total. The van der Waals surface area contributed by atoms with Gasteiger partial charge in [0.2, 0.25) is 21.8 Å². The van der Waals surface area contributed by atoms with Crippen LogP contribution in [-0.4, -0.2) is 55.6 Å². The van der Waals surface area contributed by atoms with Crippen molar-refractivity contribution in [2.24, 2.45) is 0 Å². The number of hydrogen-bond donors (Lipinski definition) is 1. The van der Waals surface area contributed by atoms with Gasteiger partial charge in [0.25, 0.3) is 0 Å². The molecule has 1 aliphatic rings. The summed E-state index contributed by atoms with van der Waals surface area (Å²) in [6.07, 6.45) is 0.861. The molecule has 0 saturated carbocycles. The van der Waals surface area contributed by atoms with E-state index in [0.29, 0.717) is 12.8 Å². The maximum absolute atomic E-state index is 13.1. The predicted octanol–water partition coefficient (Wildman–Crippen LogP) is 2.19. The average Bonchev–Trinajstić information content (AvgIpc) is 3.49. The monoisotopic (exact) mass is 504 g/mol. The Kier molecular flexibility index (Phi) is 6.82. The number of rotatable bonds is 8. The number of nitrogens with one attached hydrogen (secondary N) is 1. The molecule has 0 spiro atoms. The third-order valence-corrected chi connectivity index (χ3v) is 9.17. The Morgan fingerprint density at radius 1 is 1.03 bits per heavy atom. The summed E-state index contributed by atoms with van der Waals surface area (Å²) in [5, 5.41) is 9.99. The predicted molar refractivity (Wildman–Crippen MR) is 123 cm³/mol. The van der Waals surface area contributed by atoms with Crippen molar-refractivity contribution >= 4 is 31.8 Å². The summed E-state index contributed by atoms with van der Waals surface area (Å²) in [5.74, 6) is -0.775. The normalized spacial score (nSPS) is 17.0. The number of benzene rings is 2. The van der Waals surface area contributed by atoms with Crippen LogP contribution in [0.4, 0.5) is 6.01 Å². The molecule has 2 heterocycles. The first-order chi connectivity index (χ1) is 16.2. The van der Waals surface area contributed by atoms with Gasteiger partial charge in [0, 0.05) is 13.0 Å². The number of amides is 1. The summed E-state index contributed by atoms with van der Waals surface area (Å²) >= 11 is 0. The lowest BCUT2D eigenvalue weighted by Gasteiger charge is -2.22. The first kappa shape index (κ1) is 24.0. The molecule has 0 bridgehead atoms. The standard InChI is InChI=1S/C22H24N4O6S2/c1-16-9-11-18(12-10-16)34(30,31)26-14-5-8-19(26)21(27)23-22-25-24-20(32-22)13-15-33(28,29)17-6-3-2-4-7-17/h2-4,6-7,9-12,19H,5,8,13-15H2,1H3,(H,23,25,27). The molecule has 1 atom stereocenters. The van der Waals surface area contributed by atoms with Crippen molar-refractivity contribution in [2.75, 3.05) is 17.6 Å². The van der Waals surface area contributed by atoms with Gasteiger partial charge in [-0.05, 0) is 44.0 Å². The highest BCUT2D eigenvalue weighted by atomic mass is 32.2. The molecule has 12 heteroatoms. The summed E-state index contributed by atoms with van der Waals surface area (Å²) < 4.78 is 57.5. The summed E-state index contributed by atoms with van der Waals surface area (Å²) in [7, 11) is -7.38. The lowest BCUT2D eigenvalue weighted by atomic mass is 10.2. The maximum Gasteiger partial charge on any atom is 0.322 e. The maximum atomic E-state index is 13.1. The molecule has 4 rings (SSSR count). The zero-order valence-corrected chi connectivity index (χ0v) is 20.0. The minimum Gasteiger partial charge on any atom is -0.408 e. The Labute approximate surface area is 198 Å². The van der Waals surface area contributed by atoms with E-state index in [1.165, 1.54) is 28.6 Å². The molecule has 3 aromatic rings. The van der Waals surface area contributed by atoms with Crippen molar-refractivity contribution < 1.29 is 26.0 Å². The third kappa shape index (κ3) is 5.18. The Hall–Kier alpha value is -3.09. The number of sulfonamides is 1. The van der Waals surface area contributed by atoms with Crippen LogP contribution in [0.2, 0.25) is 0 Å². The fourth-order valence-corrected chi connectivity index (χ4v) is 6.60. The quantitative estimate of drug-likeness (QED) is 0.492. The second-order valence-corrected chi connectivity index (χ2v) is 12.0. The van der Waals surface area contributed by atoms with E-state index in [1.54, 1.807) is 30.3 Å². The third-order valence-electron chi connectivity index (χ3n) is 5.52. The van der Waals surface area contributed by atoms with E-state index >= 15 is 0 Å². The largest absolute Gasteiger partial charge is 0.408 e. The van der Waals surface area contributed by atoms with Gasteiger partial charge < -0.3 is 4.42 Å². The summed E-state index contributed by atoms with van der Waals surface area (Å²) in [4.78, 5) is 13.1. The van der Waals surface area contributed by atoms with E-state index in [4.69, 9.17) is 4.42 Å². The number of hydrogen-bond acceptors (Lipinski definition) is 8. The molecule has 10 nitrogen and oxygen atoms in total. The van der Waals surface area contributed by atoms with Crippen molar-refractivity contribution in [3.05, 3.63) is 66.1 Å². The highest BCUT2D eigenvalue weighted by Crippen LogP contribution is 2.27. The zero-order valence-electron chi connectivity index (χ0n) is 18.4. The number of anilines is 1. The van der Waals surface area contributed by atoms with Gasteiger partial charge >= 0.3 is 6.01 Å². The molecular weight excluding hydrogens is 480 g/mol. The van der Waals surface area contributed by atoms with Crippen LogP contribution >= 0.6 is 0 Å². The van der Waals surface area contributed by atoms with Gasteiger partial charge in [-0.15, -0.1) is 5.10 Å². The van der Waals surface area contributed by atoms with Crippen molar-refractivity contribution in [1.29, 1.82) is 0 Å². The van der Waals surface area contributed by atoms with Gasteiger partial charge in [0.15, 0.2) is 9.84 Å². The Morgan fingerprint density at radius 2 is 1.74 bits per heavy atom. The molecule has 1 amide bonds. The summed E-state index contributed by atoms with van der Waals surface area (Å²) in [6, 6.07) is 13.3. The van der Waals surface area contributed by atoms with Gasteiger partial charge in [-0.1, -0.05) is 41.0 Å². The average molecular weight is 505 g/mol. The van der Waals surface area contributed by atoms with Crippen molar-refractivity contribution in [3.8, 4) is 0 Å². The second kappa shape index (κ2) is 9.65. The molecule has 0 radical (unpaired) electrons. The Morgan fingerprint density at radius 3 is 2.44 bits per heavy atom. The topological polar surface area (TPSA) is 140 Å². The van der Waals surface area contributed by atoms with Gasteiger partial charge in [0.05, 0.1) is 15.5 Å². The highest BCUT2D eigenvalue weighted by molar-refractivity contribution is 7.91. The van der Waals surface area contributed by atoms with Gasteiger partial charge in [-0.25, -0.2) is 16.8 Å². The molecule has 1 saturated heterocycles. The lowest BCUT2D eigenvalue weighted by molar-refractivity contribution is -0.119. The number of sulfone groups is 1. The van der Waals surface area contributed by atoms with E-state index in [-0.39, 0.29) is 40.4 Å². The highest BCUT2D eigenvalue weighted by Gasteiger charge is 2.39. The minimum absolute atomic E-state index is 0.0303. The second-order valence-electron chi connectivity index (χ2n) is 7.96. The van der Waals surface area contributed by atoms with Crippen LogP contribution in [0.15, 0.2) is 68.8 Å². The first-order valence-electron chi connectivity index (χ1n) is 10.7. The fourth-order valence-electron chi connectivity index (χ4n) is 3.70. The lowest BCUT2D eigenvalue weighted by Crippen LogP contribution is -2.43. The van der Waals surface area contributed by atoms with Crippen LogP contribution in [0.25, 0.3) is 0 Å². The summed E-state index contributed by atoms with van der Waals surface area (Å²) in [5.41, 5.74) is 0.929. The first-order valence-corrected chi connectivity index (χ1v) is 13.8. The van der Waals surface area contributed by atoms with E-state index in [2.05, 4.69) is 15.5 Å². The van der Waals surface area contributed by atoms with Crippen LogP contribution in [0.5, 0.6) is 0 Å². The molecule has 2 aromatic carbocycles. The Balaban J connectivity index is 1.40. The fraction of sp³-hybridized carbons (Fsp3) is 0.318. The number of aryl methyl sites for hydroxylation is 2. The number of carbonyl (C=O) groups is 1. The molecular formula is C22H24N4O6S2. The van der Waals surface area contributed by atoms with Crippen LogP contribution < -0.4 is 5.32 Å². The summed E-state index contributed by atoms with van der Waals surface area (Å²) in [6.45, 7) is 2.08. The van der Waals surface area contributed by atoms with Gasteiger partial charge in [-0.2, -0.15) is 4.31 Å². The van der Waals surface area contributed by atoms with Crippen LogP contribution in [-0.2, 0) is 31.1 Å². The molecule has 1 aromatic heterocycles. The smallest absolute Gasteiger partial charge is 0.322 e. The van der Waals surface area contributed by atoms with Gasteiger partial charge in [0.1, 0.15) is 6.04 Å². The molecule has 1 aliphatic heterocycles. The Bertz CT molecular complexity index is 1370. The van der Waals surface area contributed by atoms with E-state index < -0.39 is 31.8 Å². The van der Waals surface area contributed by atoms with Crippen molar-refractivity contribution in [3.63, 3.8) is 0 Å². The van der Waals surface area contributed by atoms with Crippen LogP contribution in [0.1, 0.15) is 24.3 Å². The molecule has 1 unspecified atom stereocenters. The van der Waals surface area contributed by atoms with E-state index in [9.17, 15) is 21.6 Å². The van der Waals surface area contributed by atoms with Crippen molar-refractivity contribution in [2.45, 2.75) is 42.0 Å². The number of carbonyl (C=O) groups excluding carboxylic acids is 1. The van der Waals surface area contributed by atoms with Gasteiger partial charge in [-0.3, -0.25) is 10.1 Å². The van der Waals surface area contributed by atoms with Crippen molar-refractivity contribution in [1.82, 2.24) is 14.5 Å². The molecule has 0 aliphatic carbocycles. The van der Waals surface area contributed by atoms with Crippen LogP contribution in [0.3, 0.4) is 0 Å². The molecule has 180 valence electrons. The molecule has 34 heavy (non-hydrogen) atoms.